The summed E-state index contributed by atoms with van der Waals surface area (Å²) in [6.45, 7) is 2.81. The Bertz CT molecular complexity index is 1030. The zero-order chi connectivity index (χ0) is 19.3. The molecule has 28 heavy (non-hydrogen) atoms. The Balaban J connectivity index is 1.47. The highest BCUT2D eigenvalue weighted by Gasteiger charge is 2.18. The number of thioether (sulfide) groups is 1. The molecule has 6 nitrogen and oxygen atoms in total. The van der Waals surface area contributed by atoms with Crippen LogP contribution >= 0.6 is 11.8 Å². The number of hydrogen-bond acceptors (Lipinski definition) is 6. The van der Waals surface area contributed by atoms with Gasteiger partial charge < -0.3 is 13.7 Å². The molecule has 0 amide bonds. The van der Waals surface area contributed by atoms with Crippen molar-refractivity contribution in [2.45, 2.75) is 23.9 Å². The van der Waals surface area contributed by atoms with E-state index in [1.165, 1.54) is 5.56 Å². The van der Waals surface area contributed by atoms with Crippen LogP contribution in [0.4, 0.5) is 0 Å². The van der Waals surface area contributed by atoms with Crippen LogP contribution in [-0.2, 0) is 6.54 Å². The first-order valence-corrected chi connectivity index (χ1v) is 9.80. The van der Waals surface area contributed by atoms with Crippen LogP contribution in [0, 0.1) is 0 Å². The predicted molar refractivity (Wildman–Crippen MR) is 108 cm³/mol. The second kappa shape index (κ2) is 8.31. The molecule has 0 fully saturated rings. The standard InChI is InChI=1S/C21H20N4O2S/c1-15(19-23-24-20(27-19)17-8-10-18(26-2)11-9-17)28-21-22-12-13-25(21)14-16-6-4-3-5-7-16/h3-13,15H,14H2,1-2H3/t15-/m1/s1. The predicted octanol–water partition coefficient (Wildman–Crippen LogP) is 4.84. The lowest BCUT2D eigenvalue weighted by atomic mass is 10.2. The number of rotatable bonds is 7. The lowest BCUT2D eigenvalue weighted by Gasteiger charge is -2.10. The molecule has 142 valence electrons. The van der Waals surface area contributed by atoms with Gasteiger partial charge in [-0.25, -0.2) is 4.98 Å². The minimum Gasteiger partial charge on any atom is -0.497 e. The van der Waals surface area contributed by atoms with Crippen molar-refractivity contribution < 1.29 is 9.15 Å². The molecule has 0 saturated heterocycles. The first kappa shape index (κ1) is 18.3. The third-order valence-corrected chi connectivity index (χ3v) is 5.39. The molecular weight excluding hydrogens is 372 g/mol. The molecule has 2 aromatic carbocycles. The van der Waals surface area contributed by atoms with Crippen LogP contribution in [0.25, 0.3) is 11.5 Å². The lowest BCUT2D eigenvalue weighted by molar-refractivity contribution is 0.415. The Morgan fingerprint density at radius 1 is 1.07 bits per heavy atom. The van der Waals surface area contributed by atoms with Crippen molar-refractivity contribution in [2.75, 3.05) is 7.11 Å². The molecule has 0 aliphatic rings. The van der Waals surface area contributed by atoms with E-state index in [-0.39, 0.29) is 5.25 Å². The first-order valence-electron chi connectivity index (χ1n) is 8.92. The molecule has 0 spiro atoms. The fourth-order valence-electron chi connectivity index (χ4n) is 2.77. The fourth-order valence-corrected chi connectivity index (χ4v) is 3.67. The molecule has 0 N–H and O–H groups in total. The van der Waals surface area contributed by atoms with Crippen molar-refractivity contribution in [3.63, 3.8) is 0 Å². The third kappa shape index (κ3) is 4.09. The van der Waals surface area contributed by atoms with E-state index in [9.17, 15) is 0 Å². The van der Waals surface area contributed by atoms with E-state index in [2.05, 4.69) is 31.9 Å². The van der Waals surface area contributed by atoms with Gasteiger partial charge in [0.15, 0.2) is 5.16 Å². The molecule has 0 aliphatic carbocycles. The number of ether oxygens (including phenoxy) is 1. The summed E-state index contributed by atoms with van der Waals surface area (Å²) in [7, 11) is 1.64. The summed E-state index contributed by atoms with van der Waals surface area (Å²) in [6.07, 6.45) is 3.80. The van der Waals surface area contributed by atoms with Crippen molar-refractivity contribution in [2.24, 2.45) is 0 Å². The molecule has 0 unspecified atom stereocenters. The molecular formula is C21H20N4O2S. The van der Waals surface area contributed by atoms with Crippen LogP contribution in [0.2, 0.25) is 0 Å². The van der Waals surface area contributed by atoms with E-state index in [0.29, 0.717) is 11.8 Å². The molecule has 7 heteroatoms. The van der Waals surface area contributed by atoms with E-state index in [1.807, 2.05) is 61.8 Å². The molecule has 1 atom stereocenters. The minimum atomic E-state index is -0.0172. The van der Waals surface area contributed by atoms with Gasteiger partial charge in [-0.3, -0.25) is 0 Å². The Kier molecular flexibility index (Phi) is 5.43. The van der Waals surface area contributed by atoms with Gasteiger partial charge in [-0.1, -0.05) is 42.1 Å². The number of aromatic nitrogens is 4. The Hall–Kier alpha value is -3.06. The van der Waals surface area contributed by atoms with Gasteiger partial charge in [0, 0.05) is 24.5 Å². The van der Waals surface area contributed by atoms with Crippen molar-refractivity contribution in [1.29, 1.82) is 0 Å². The second-order valence-electron chi connectivity index (χ2n) is 6.26. The molecule has 2 aromatic heterocycles. The van der Waals surface area contributed by atoms with Crippen molar-refractivity contribution in [3.8, 4) is 17.2 Å². The monoisotopic (exact) mass is 392 g/mol. The second-order valence-corrected chi connectivity index (χ2v) is 7.57. The summed E-state index contributed by atoms with van der Waals surface area (Å²) >= 11 is 1.60. The summed E-state index contributed by atoms with van der Waals surface area (Å²) in [5.41, 5.74) is 2.09. The average molecular weight is 392 g/mol. The molecule has 0 saturated carbocycles. The summed E-state index contributed by atoms with van der Waals surface area (Å²) in [5, 5.41) is 9.31. The van der Waals surface area contributed by atoms with E-state index in [4.69, 9.17) is 9.15 Å². The summed E-state index contributed by atoms with van der Waals surface area (Å²) < 4.78 is 13.2. The topological polar surface area (TPSA) is 66.0 Å². The summed E-state index contributed by atoms with van der Waals surface area (Å²) in [6, 6.07) is 17.9. The van der Waals surface area contributed by atoms with E-state index >= 15 is 0 Å². The van der Waals surface area contributed by atoms with Crippen LogP contribution in [-0.4, -0.2) is 26.9 Å². The zero-order valence-electron chi connectivity index (χ0n) is 15.6. The van der Waals surface area contributed by atoms with Crippen molar-refractivity contribution in [1.82, 2.24) is 19.7 Å². The van der Waals surface area contributed by atoms with Crippen molar-refractivity contribution in [3.05, 3.63) is 78.4 Å². The lowest BCUT2D eigenvalue weighted by Crippen LogP contribution is -2.01. The van der Waals surface area contributed by atoms with Gasteiger partial charge in [0.1, 0.15) is 5.75 Å². The van der Waals surface area contributed by atoms with Gasteiger partial charge in [-0.2, -0.15) is 0 Å². The number of benzene rings is 2. The van der Waals surface area contributed by atoms with Gasteiger partial charge in [-0.05, 0) is 36.8 Å². The average Bonchev–Trinajstić information content (AvgIpc) is 3.39. The maximum Gasteiger partial charge on any atom is 0.247 e. The third-order valence-electron chi connectivity index (χ3n) is 4.28. The normalized spacial score (nSPS) is 12.1. The molecule has 0 aliphatic heterocycles. The highest BCUT2D eigenvalue weighted by molar-refractivity contribution is 7.99. The SMILES string of the molecule is COc1ccc(-c2nnc([C@@H](C)Sc3nccn3Cc3ccccc3)o2)cc1. The van der Waals surface area contributed by atoms with Crippen LogP contribution in [0.15, 0.2) is 76.6 Å². The smallest absolute Gasteiger partial charge is 0.247 e. The summed E-state index contributed by atoms with van der Waals surface area (Å²) in [5.74, 6) is 1.86. The van der Waals surface area contributed by atoms with E-state index in [0.717, 1.165) is 23.0 Å². The van der Waals surface area contributed by atoms with Crippen LogP contribution in [0.5, 0.6) is 5.75 Å². The van der Waals surface area contributed by atoms with Crippen molar-refractivity contribution >= 4 is 11.8 Å². The number of nitrogens with zero attached hydrogens (tertiary/aromatic N) is 4. The fraction of sp³-hybridized carbons (Fsp3) is 0.190. The maximum atomic E-state index is 5.89. The van der Waals surface area contributed by atoms with Gasteiger partial charge in [-0.15, -0.1) is 10.2 Å². The first-order chi connectivity index (χ1) is 13.7. The maximum absolute atomic E-state index is 5.89. The van der Waals surface area contributed by atoms with Crippen LogP contribution in [0.3, 0.4) is 0 Å². The minimum absolute atomic E-state index is 0.0172. The highest BCUT2D eigenvalue weighted by atomic mass is 32.2. The number of imidazole rings is 1. The number of hydrogen-bond donors (Lipinski definition) is 0. The molecule has 4 rings (SSSR count). The van der Waals surface area contributed by atoms with Gasteiger partial charge in [0.2, 0.25) is 11.8 Å². The summed E-state index contributed by atoms with van der Waals surface area (Å²) in [4.78, 5) is 4.48. The quantitative estimate of drug-likeness (QED) is 0.419. The molecule has 4 aromatic rings. The van der Waals surface area contributed by atoms with E-state index in [1.54, 1.807) is 18.9 Å². The Morgan fingerprint density at radius 2 is 1.86 bits per heavy atom. The van der Waals surface area contributed by atoms with E-state index < -0.39 is 0 Å². The van der Waals surface area contributed by atoms with Crippen LogP contribution < -0.4 is 4.74 Å². The molecule has 0 bridgehead atoms. The van der Waals surface area contributed by atoms with Gasteiger partial charge in [0.25, 0.3) is 0 Å². The molecule has 2 heterocycles. The molecule has 0 radical (unpaired) electrons. The largest absolute Gasteiger partial charge is 0.497 e. The Morgan fingerprint density at radius 3 is 2.61 bits per heavy atom. The zero-order valence-corrected chi connectivity index (χ0v) is 16.5. The highest BCUT2D eigenvalue weighted by Crippen LogP contribution is 2.34. The van der Waals surface area contributed by atoms with Gasteiger partial charge >= 0.3 is 0 Å². The Labute approximate surface area is 167 Å². The van der Waals surface area contributed by atoms with Crippen LogP contribution in [0.1, 0.15) is 23.6 Å². The number of methoxy groups -OCH3 is 1. The van der Waals surface area contributed by atoms with Gasteiger partial charge in [0.05, 0.1) is 12.4 Å².